The van der Waals surface area contributed by atoms with Crippen LogP contribution in [0.3, 0.4) is 0 Å². The van der Waals surface area contributed by atoms with E-state index >= 15 is 0 Å². The summed E-state index contributed by atoms with van der Waals surface area (Å²) in [5, 5.41) is 12.3. The molecule has 0 spiro atoms. The van der Waals surface area contributed by atoms with Gasteiger partial charge in [-0.25, -0.2) is 0 Å². The molecule has 15 heavy (non-hydrogen) atoms. The van der Waals surface area contributed by atoms with Crippen molar-refractivity contribution >= 4 is 23.2 Å². The summed E-state index contributed by atoms with van der Waals surface area (Å²) in [6.07, 6.45) is 0. The number of thiophene rings is 1. The molecule has 0 aliphatic carbocycles. The number of carbonyl (C=O) groups excluding carboxylic acids is 2. The van der Waals surface area contributed by atoms with E-state index in [4.69, 9.17) is 5.26 Å². The van der Waals surface area contributed by atoms with Crippen LogP contribution in [0.15, 0.2) is 17.5 Å². The summed E-state index contributed by atoms with van der Waals surface area (Å²) in [4.78, 5) is 22.7. The highest BCUT2D eigenvalue weighted by atomic mass is 32.1. The molecule has 1 N–H and O–H groups in total. The molecule has 1 heterocycles. The zero-order chi connectivity index (χ0) is 11.1. The second-order valence-electron chi connectivity index (χ2n) is 2.48. The van der Waals surface area contributed by atoms with Gasteiger partial charge >= 0.3 is 5.97 Å². The van der Waals surface area contributed by atoms with Crippen LogP contribution in [0, 0.1) is 11.3 Å². The van der Waals surface area contributed by atoms with Gasteiger partial charge in [-0.1, -0.05) is 6.07 Å². The third-order valence-corrected chi connectivity index (χ3v) is 2.30. The number of ether oxygens (including phenoxy) is 1. The quantitative estimate of drug-likeness (QED) is 0.757. The van der Waals surface area contributed by atoms with Crippen LogP contribution in [0.2, 0.25) is 0 Å². The monoisotopic (exact) mass is 224 g/mol. The lowest BCUT2D eigenvalue weighted by Gasteiger charge is -2.01. The zero-order valence-corrected chi connectivity index (χ0v) is 8.54. The maximum absolute atomic E-state index is 11.3. The van der Waals surface area contributed by atoms with Gasteiger partial charge in [-0.3, -0.25) is 9.59 Å². The van der Waals surface area contributed by atoms with Gasteiger partial charge in [0, 0.05) is 0 Å². The molecule has 0 fully saturated rings. The first-order valence-electron chi connectivity index (χ1n) is 4.08. The Kier molecular flexibility index (Phi) is 4.31. The molecule has 0 aliphatic rings. The van der Waals surface area contributed by atoms with Crippen LogP contribution < -0.4 is 5.32 Å². The SMILES string of the molecule is N#CCOC(=O)CNC(=O)c1cccs1. The minimum Gasteiger partial charge on any atom is -0.449 e. The molecular formula is C9H8N2O3S. The molecule has 0 atom stereocenters. The molecule has 0 radical (unpaired) electrons. The molecule has 5 nitrogen and oxygen atoms in total. The van der Waals surface area contributed by atoms with Crippen molar-refractivity contribution in [3.05, 3.63) is 22.4 Å². The van der Waals surface area contributed by atoms with Gasteiger partial charge in [-0.15, -0.1) is 11.3 Å². The third-order valence-electron chi connectivity index (χ3n) is 1.44. The highest BCUT2D eigenvalue weighted by Crippen LogP contribution is 2.07. The zero-order valence-electron chi connectivity index (χ0n) is 7.73. The summed E-state index contributed by atoms with van der Waals surface area (Å²) in [6.45, 7) is -0.522. The Hall–Kier alpha value is -1.87. The first-order valence-corrected chi connectivity index (χ1v) is 4.96. The number of nitrogens with zero attached hydrogens (tertiary/aromatic N) is 1. The van der Waals surface area contributed by atoms with Gasteiger partial charge in [0.2, 0.25) is 0 Å². The Bertz CT molecular complexity index is 381. The minimum atomic E-state index is -0.624. The van der Waals surface area contributed by atoms with Crippen LogP contribution in [-0.4, -0.2) is 25.0 Å². The molecule has 0 saturated heterocycles. The van der Waals surface area contributed by atoms with Crippen molar-refractivity contribution in [2.24, 2.45) is 0 Å². The number of carbonyl (C=O) groups is 2. The van der Waals surface area contributed by atoms with Crippen LogP contribution in [-0.2, 0) is 9.53 Å². The summed E-state index contributed by atoms with van der Waals surface area (Å²) in [5.41, 5.74) is 0. The lowest BCUT2D eigenvalue weighted by Crippen LogP contribution is -2.30. The second kappa shape index (κ2) is 5.78. The van der Waals surface area contributed by atoms with Crippen molar-refractivity contribution in [1.29, 1.82) is 5.26 Å². The lowest BCUT2D eigenvalue weighted by molar-refractivity contribution is -0.140. The summed E-state index contributed by atoms with van der Waals surface area (Å²) in [6, 6.07) is 5.06. The number of nitriles is 1. The van der Waals surface area contributed by atoms with E-state index in [2.05, 4.69) is 10.1 Å². The molecule has 1 rings (SSSR count). The lowest BCUT2D eigenvalue weighted by atomic mass is 10.4. The van der Waals surface area contributed by atoms with Gasteiger partial charge in [-0.2, -0.15) is 5.26 Å². The van der Waals surface area contributed by atoms with E-state index < -0.39 is 5.97 Å². The van der Waals surface area contributed by atoms with E-state index in [-0.39, 0.29) is 19.1 Å². The van der Waals surface area contributed by atoms with Gasteiger partial charge in [-0.05, 0) is 11.4 Å². The molecule has 1 amide bonds. The van der Waals surface area contributed by atoms with Gasteiger partial charge < -0.3 is 10.1 Å². The van der Waals surface area contributed by atoms with Crippen molar-refractivity contribution < 1.29 is 14.3 Å². The Balaban J connectivity index is 2.29. The number of esters is 1. The average Bonchev–Trinajstić information content (AvgIpc) is 2.76. The maximum Gasteiger partial charge on any atom is 0.326 e. The van der Waals surface area contributed by atoms with E-state index in [1.165, 1.54) is 11.3 Å². The minimum absolute atomic E-state index is 0.224. The van der Waals surface area contributed by atoms with Crippen molar-refractivity contribution in [3.8, 4) is 6.07 Å². The molecular weight excluding hydrogens is 216 g/mol. The smallest absolute Gasteiger partial charge is 0.326 e. The Morgan fingerprint density at radius 3 is 3.00 bits per heavy atom. The fraction of sp³-hybridized carbons (Fsp3) is 0.222. The standard InChI is InChI=1S/C9H8N2O3S/c10-3-4-14-8(12)6-11-9(13)7-2-1-5-15-7/h1-2,5H,4,6H2,(H,11,13). The molecule has 1 aromatic rings. The van der Waals surface area contributed by atoms with Crippen molar-refractivity contribution in [3.63, 3.8) is 0 Å². The molecule has 1 aromatic heterocycles. The number of nitrogens with one attached hydrogen (secondary N) is 1. The molecule has 6 heteroatoms. The Morgan fingerprint density at radius 2 is 2.40 bits per heavy atom. The van der Waals surface area contributed by atoms with Crippen LogP contribution in [0.4, 0.5) is 0 Å². The van der Waals surface area contributed by atoms with Crippen molar-refractivity contribution in [2.45, 2.75) is 0 Å². The van der Waals surface area contributed by atoms with E-state index in [9.17, 15) is 9.59 Å². The molecule has 0 aliphatic heterocycles. The highest BCUT2D eigenvalue weighted by Gasteiger charge is 2.08. The van der Waals surface area contributed by atoms with Crippen LogP contribution in [0.5, 0.6) is 0 Å². The predicted octanol–water partition coefficient (Wildman–Crippen LogP) is 0.545. The average molecular weight is 224 g/mol. The highest BCUT2D eigenvalue weighted by molar-refractivity contribution is 7.12. The summed E-state index contributed by atoms with van der Waals surface area (Å²) in [7, 11) is 0. The summed E-state index contributed by atoms with van der Waals surface area (Å²) < 4.78 is 4.45. The number of amides is 1. The second-order valence-corrected chi connectivity index (χ2v) is 3.43. The van der Waals surface area contributed by atoms with Crippen LogP contribution >= 0.6 is 11.3 Å². The van der Waals surface area contributed by atoms with E-state index in [0.29, 0.717) is 4.88 Å². The first-order chi connectivity index (χ1) is 7.24. The third kappa shape index (κ3) is 3.79. The van der Waals surface area contributed by atoms with Crippen LogP contribution in [0.25, 0.3) is 0 Å². The van der Waals surface area contributed by atoms with Gasteiger partial charge in [0.05, 0.1) is 4.88 Å². The van der Waals surface area contributed by atoms with Crippen molar-refractivity contribution in [2.75, 3.05) is 13.2 Å². The predicted molar refractivity (Wildman–Crippen MR) is 53.2 cm³/mol. The van der Waals surface area contributed by atoms with Gasteiger partial charge in [0.15, 0.2) is 6.61 Å². The molecule has 78 valence electrons. The van der Waals surface area contributed by atoms with Gasteiger partial charge in [0.25, 0.3) is 5.91 Å². The number of hydrogen-bond acceptors (Lipinski definition) is 5. The Labute approximate surface area is 90.3 Å². The molecule has 0 bridgehead atoms. The fourth-order valence-corrected chi connectivity index (χ4v) is 1.45. The maximum atomic E-state index is 11.3. The Morgan fingerprint density at radius 1 is 1.60 bits per heavy atom. The molecule has 0 saturated carbocycles. The van der Waals surface area contributed by atoms with E-state index in [1.807, 2.05) is 0 Å². The normalized spacial score (nSPS) is 9.00. The largest absolute Gasteiger partial charge is 0.449 e. The topological polar surface area (TPSA) is 79.2 Å². The van der Waals surface area contributed by atoms with E-state index in [1.54, 1.807) is 23.6 Å². The van der Waals surface area contributed by atoms with Crippen LogP contribution in [0.1, 0.15) is 9.67 Å². The van der Waals surface area contributed by atoms with E-state index in [0.717, 1.165) is 0 Å². The number of hydrogen-bond donors (Lipinski definition) is 1. The fourth-order valence-electron chi connectivity index (χ4n) is 0.811. The molecule has 0 unspecified atom stereocenters. The summed E-state index contributed by atoms with van der Waals surface area (Å²) >= 11 is 1.28. The summed E-state index contributed by atoms with van der Waals surface area (Å²) in [5.74, 6) is -0.944. The molecule has 0 aromatic carbocycles. The van der Waals surface area contributed by atoms with Gasteiger partial charge in [0.1, 0.15) is 12.6 Å². The number of rotatable bonds is 4. The van der Waals surface area contributed by atoms with Crippen molar-refractivity contribution in [1.82, 2.24) is 5.32 Å². The first kappa shape index (κ1) is 11.2.